The topological polar surface area (TPSA) is 16.9 Å². The number of allylic oxidation sites excluding steroid dienone is 3. The Morgan fingerprint density at radius 1 is 0.935 bits per heavy atom. The summed E-state index contributed by atoms with van der Waals surface area (Å²) in [5.74, 6) is 0.937. The van der Waals surface area contributed by atoms with Gasteiger partial charge in [0.15, 0.2) is 0 Å². The SMILES string of the molecule is CN(C)c1ccc(C(=C2C=CC([NH+](C)C)C=C2)c2cccc3c2C=CC(C)(C)O3)cc1. The van der Waals surface area contributed by atoms with Crippen LogP contribution in [0.3, 0.4) is 0 Å². The van der Waals surface area contributed by atoms with Gasteiger partial charge in [0, 0.05) is 25.3 Å². The molecule has 0 amide bonds. The van der Waals surface area contributed by atoms with Gasteiger partial charge >= 0.3 is 0 Å². The van der Waals surface area contributed by atoms with E-state index in [1.54, 1.807) is 0 Å². The highest BCUT2D eigenvalue weighted by Gasteiger charge is 2.25. The van der Waals surface area contributed by atoms with Crippen molar-refractivity contribution >= 4 is 17.3 Å². The van der Waals surface area contributed by atoms with E-state index in [4.69, 9.17) is 4.74 Å². The van der Waals surface area contributed by atoms with Crippen LogP contribution < -0.4 is 14.5 Å². The first-order valence-electron chi connectivity index (χ1n) is 11.0. The van der Waals surface area contributed by atoms with Gasteiger partial charge in [-0.1, -0.05) is 42.5 Å². The molecule has 0 atom stereocenters. The standard InChI is InChI=1S/C28H32N2O/c1-28(2)19-18-24-25(8-7-9-26(24)31-28)27(20-10-14-22(15-11-20)29(3)4)21-12-16-23(17-13-21)30(5)6/h7-19,22H,1-6H3/p+1. The predicted molar refractivity (Wildman–Crippen MR) is 132 cm³/mol. The lowest BCUT2D eigenvalue weighted by Gasteiger charge is -2.29. The van der Waals surface area contributed by atoms with Crippen LogP contribution in [0.25, 0.3) is 11.6 Å². The lowest BCUT2D eigenvalue weighted by Crippen LogP contribution is -3.09. The fourth-order valence-corrected chi connectivity index (χ4v) is 4.11. The highest BCUT2D eigenvalue weighted by molar-refractivity contribution is 5.91. The van der Waals surface area contributed by atoms with Gasteiger partial charge in [-0.25, -0.2) is 0 Å². The molecule has 31 heavy (non-hydrogen) atoms. The van der Waals surface area contributed by atoms with E-state index >= 15 is 0 Å². The van der Waals surface area contributed by atoms with Gasteiger partial charge in [-0.2, -0.15) is 0 Å². The van der Waals surface area contributed by atoms with Crippen molar-refractivity contribution in [2.45, 2.75) is 25.5 Å². The van der Waals surface area contributed by atoms with Gasteiger partial charge in [-0.15, -0.1) is 0 Å². The predicted octanol–water partition coefficient (Wildman–Crippen LogP) is 4.38. The minimum atomic E-state index is -0.293. The van der Waals surface area contributed by atoms with Crippen molar-refractivity contribution in [1.29, 1.82) is 0 Å². The van der Waals surface area contributed by atoms with Gasteiger partial charge in [0.05, 0.1) is 14.1 Å². The molecular weight excluding hydrogens is 380 g/mol. The highest BCUT2D eigenvalue weighted by atomic mass is 16.5. The maximum Gasteiger partial charge on any atom is 0.128 e. The highest BCUT2D eigenvalue weighted by Crippen LogP contribution is 2.39. The van der Waals surface area contributed by atoms with E-state index in [1.165, 1.54) is 32.9 Å². The van der Waals surface area contributed by atoms with Gasteiger partial charge in [0.2, 0.25) is 0 Å². The number of likely N-dealkylation sites (N-methyl/N-ethyl adjacent to an activating group) is 1. The van der Waals surface area contributed by atoms with Gasteiger partial charge in [0.1, 0.15) is 17.4 Å². The summed E-state index contributed by atoms with van der Waals surface area (Å²) in [7, 11) is 8.52. The minimum Gasteiger partial charge on any atom is -0.483 e. The molecule has 2 aromatic rings. The normalized spacial score (nSPS) is 18.7. The molecule has 1 N–H and O–H groups in total. The zero-order valence-corrected chi connectivity index (χ0v) is 19.4. The van der Waals surface area contributed by atoms with E-state index in [0.717, 1.165) is 11.3 Å². The van der Waals surface area contributed by atoms with Crippen molar-refractivity contribution in [2.75, 3.05) is 33.1 Å². The molecule has 160 valence electrons. The summed E-state index contributed by atoms with van der Waals surface area (Å²) in [5, 5.41) is 0. The molecule has 2 aliphatic rings. The second-order valence-electron chi connectivity index (χ2n) is 9.35. The van der Waals surface area contributed by atoms with Crippen LogP contribution in [0.4, 0.5) is 5.69 Å². The van der Waals surface area contributed by atoms with E-state index in [1.807, 2.05) is 0 Å². The summed E-state index contributed by atoms with van der Waals surface area (Å²) in [6.45, 7) is 4.18. The van der Waals surface area contributed by atoms with Gasteiger partial charge in [-0.3, -0.25) is 0 Å². The van der Waals surface area contributed by atoms with Crippen LogP contribution in [0.2, 0.25) is 0 Å². The summed E-state index contributed by atoms with van der Waals surface area (Å²) in [6, 6.07) is 15.6. The molecule has 0 saturated carbocycles. The number of nitrogens with zero attached hydrogens (tertiary/aromatic N) is 1. The fraction of sp³-hybridized carbons (Fsp3) is 0.286. The number of hydrogen-bond donors (Lipinski definition) is 1. The maximum absolute atomic E-state index is 6.28. The van der Waals surface area contributed by atoms with Crippen LogP contribution in [-0.4, -0.2) is 39.8 Å². The summed E-state index contributed by atoms with van der Waals surface area (Å²) in [5.41, 5.74) is 6.90. The molecule has 2 aromatic carbocycles. The largest absolute Gasteiger partial charge is 0.483 e. The number of anilines is 1. The zero-order chi connectivity index (χ0) is 22.2. The van der Waals surface area contributed by atoms with Crippen LogP contribution in [0.1, 0.15) is 30.5 Å². The Morgan fingerprint density at radius 2 is 1.61 bits per heavy atom. The van der Waals surface area contributed by atoms with E-state index in [9.17, 15) is 0 Å². The van der Waals surface area contributed by atoms with Crippen LogP contribution in [0.15, 0.2) is 78.4 Å². The third-order valence-corrected chi connectivity index (χ3v) is 5.95. The van der Waals surface area contributed by atoms with Crippen molar-refractivity contribution in [3.8, 4) is 5.75 Å². The van der Waals surface area contributed by atoms with Crippen molar-refractivity contribution in [3.63, 3.8) is 0 Å². The minimum absolute atomic E-state index is 0.293. The zero-order valence-electron chi connectivity index (χ0n) is 19.4. The molecule has 3 nitrogen and oxygen atoms in total. The molecule has 0 aromatic heterocycles. The average molecular weight is 414 g/mol. The van der Waals surface area contributed by atoms with Crippen LogP contribution >= 0.6 is 0 Å². The monoisotopic (exact) mass is 413 g/mol. The molecule has 0 bridgehead atoms. The molecule has 0 spiro atoms. The smallest absolute Gasteiger partial charge is 0.128 e. The quantitative estimate of drug-likeness (QED) is 0.801. The van der Waals surface area contributed by atoms with Crippen molar-refractivity contribution in [2.24, 2.45) is 0 Å². The Bertz CT molecular complexity index is 1070. The number of nitrogens with one attached hydrogen (secondary N) is 1. The van der Waals surface area contributed by atoms with Gasteiger partial charge < -0.3 is 14.5 Å². The molecule has 1 heterocycles. The Labute approximate surface area is 186 Å². The van der Waals surface area contributed by atoms with Crippen LogP contribution in [0, 0.1) is 0 Å². The lowest BCUT2D eigenvalue weighted by atomic mass is 9.86. The number of hydrogen-bond acceptors (Lipinski definition) is 2. The number of quaternary nitrogens is 1. The third-order valence-electron chi connectivity index (χ3n) is 5.95. The molecular formula is C28H33N2O+. The second kappa shape index (κ2) is 8.24. The van der Waals surface area contributed by atoms with Gasteiger partial charge in [0.25, 0.3) is 0 Å². The van der Waals surface area contributed by atoms with Crippen LogP contribution in [0.5, 0.6) is 5.75 Å². The number of fused-ring (bicyclic) bond motifs is 1. The Balaban J connectivity index is 1.89. The number of benzene rings is 2. The first kappa shape index (κ1) is 21.2. The first-order chi connectivity index (χ1) is 14.7. The van der Waals surface area contributed by atoms with Crippen molar-refractivity contribution in [1.82, 2.24) is 0 Å². The molecule has 4 rings (SSSR count). The molecule has 0 fully saturated rings. The van der Waals surface area contributed by atoms with Crippen LogP contribution in [-0.2, 0) is 0 Å². The molecule has 1 aliphatic carbocycles. The Hall–Kier alpha value is -3.04. The average Bonchev–Trinajstić information content (AvgIpc) is 2.74. The number of rotatable bonds is 4. The third kappa shape index (κ3) is 4.38. The molecule has 0 radical (unpaired) electrons. The summed E-state index contributed by atoms with van der Waals surface area (Å²) < 4.78 is 6.28. The fourth-order valence-electron chi connectivity index (χ4n) is 4.11. The molecule has 3 heteroatoms. The van der Waals surface area contributed by atoms with Crippen molar-refractivity contribution in [3.05, 3.63) is 95.1 Å². The van der Waals surface area contributed by atoms with E-state index < -0.39 is 0 Å². The number of ether oxygens (including phenoxy) is 1. The van der Waals surface area contributed by atoms with E-state index in [0.29, 0.717) is 6.04 Å². The second-order valence-corrected chi connectivity index (χ2v) is 9.35. The summed E-state index contributed by atoms with van der Waals surface area (Å²) in [4.78, 5) is 3.53. The van der Waals surface area contributed by atoms with E-state index in [-0.39, 0.29) is 5.60 Å². The Kier molecular flexibility index (Phi) is 5.63. The molecule has 1 aliphatic heterocycles. The molecule has 0 unspecified atom stereocenters. The van der Waals surface area contributed by atoms with Gasteiger partial charge in [-0.05, 0) is 72.5 Å². The Morgan fingerprint density at radius 3 is 2.23 bits per heavy atom. The molecule has 0 saturated heterocycles. The lowest BCUT2D eigenvalue weighted by molar-refractivity contribution is -0.871. The van der Waals surface area contributed by atoms with E-state index in [2.05, 4.69) is 126 Å². The first-order valence-corrected chi connectivity index (χ1v) is 11.0. The van der Waals surface area contributed by atoms with Crippen molar-refractivity contribution < 1.29 is 9.64 Å². The summed E-state index contributed by atoms with van der Waals surface area (Å²) in [6.07, 6.45) is 13.5. The maximum atomic E-state index is 6.28. The summed E-state index contributed by atoms with van der Waals surface area (Å²) >= 11 is 0.